The average molecular weight is 426 g/mol. The summed E-state index contributed by atoms with van der Waals surface area (Å²) in [7, 11) is 0. The number of nitrogens with one attached hydrogen (secondary N) is 2. The fourth-order valence-electron chi connectivity index (χ4n) is 3.38. The van der Waals surface area contributed by atoms with Crippen LogP contribution >= 0.6 is 11.3 Å². The van der Waals surface area contributed by atoms with Gasteiger partial charge in [0.1, 0.15) is 5.92 Å². The van der Waals surface area contributed by atoms with Crippen LogP contribution in [0.1, 0.15) is 47.6 Å². The number of halogens is 3. The minimum absolute atomic E-state index is 0.0620. The first-order chi connectivity index (χ1) is 13.3. The molecule has 156 valence electrons. The number of aliphatic hydroxyl groups is 1. The third kappa shape index (κ3) is 3.89. The van der Waals surface area contributed by atoms with Crippen LogP contribution in [-0.2, 0) is 5.41 Å². The molecule has 1 aliphatic heterocycles. The van der Waals surface area contributed by atoms with Crippen molar-refractivity contribution in [3.8, 4) is 0 Å². The Morgan fingerprint density at radius 1 is 1.14 bits per heavy atom. The Balaban J connectivity index is 2.11. The van der Waals surface area contributed by atoms with Crippen LogP contribution in [0.3, 0.4) is 0 Å². The Bertz CT molecular complexity index is 905. The van der Waals surface area contributed by atoms with Crippen LogP contribution in [0.5, 0.6) is 0 Å². The number of benzene rings is 1. The first kappa shape index (κ1) is 21.3. The molecule has 0 spiro atoms. The van der Waals surface area contributed by atoms with Gasteiger partial charge in [-0.15, -0.1) is 11.3 Å². The van der Waals surface area contributed by atoms with Crippen LogP contribution in [0.15, 0.2) is 41.8 Å². The van der Waals surface area contributed by atoms with Crippen LogP contribution in [0.2, 0.25) is 0 Å². The summed E-state index contributed by atoms with van der Waals surface area (Å²) in [5.41, 5.74) is -2.65. The molecule has 2 heterocycles. The van der Waals surface area contributed by atoms with E-state index in [2.05, 4.69) is 5.32 Å². The summed E-state index contributed by atoms with van der Waals surface area (Å²) < 4.78 is 41.5. The summed E-state index contributed by atoms with van der Waals surface area (Å²) in [5.74, 6) is -2.91. The van der Waals surface area contributed by atoms with Gasteiger partial charge in [-0.1, -0.05) is 51.1 Å². The molecule has 1 aromatic carbocycles. The van der Waals surface area contributed by atoms with E-state index in [1.54, 1.807) is 29.6 Å². The number of Topliss-reactive ketones (excluding diaryl/α,β-unsaturated/α-hetero) is 1. The molecule has 0 radical (unpaired) electrons. The van der Waals surface area contributed by atoms with Crippen LogP contribution in [0.25, 0.3) is 0 Å². The monoisotopic (exact) mass is 426 g/mol. The van der Waals surface area contributed by atoms with Gasteiger partial charge in [0.2, 0.25) is 5.72 Å². The van der Waals surface area contributed by atoms with E-state index in [4.69, 9.17) is 0 Å². The maximum Gasteiger partial charge on any atom is 0.437 e. The van der Waals surface area contributed by atoms with Crippen molar-refractivity contribution in [3.63, 3.8) is 0 Å². The van der Waals surface area contributed by atoms with E-state index in [0.29, 0.717) is 5.56 Å². The molecule has 1 fully saturated rings. The summed E-state index contributed by atoms with van der Waals surface area (Å²) in [4.78, 5) is 25.1. The number of alkyl halides is 3. The normalized spacial score (nSPS) is 25.3. The van der Waals surface area contributed by atoms with E-state index in [0.717, 1.165) is 16.9 Å². The predicted molar refractivity (Wildman–Crippen MR) is 103 cm³/mol. The van der Waals surface area contributed by atoms with Crippen LogP contribution in [0, 0.1) is 5.92 Å². The maximum atomic E-state index is 13.8. The van der Waals surface area contributed by atoms with Crippen LogP contribution < -0.4 is 10.6 Å². The molecule has 2 aromatic rings. The third-order valence-corrected chi connectivity index (χ3v) is 5.87. The topological polar surface area (TPSA) is 78.4 Å². The summed E-state index contributed by atoms with van der Waals surface area (Å²) >= 11 is 0.971. The van der Waals surface area contributed by atoms with Crippen LogP contribution in [-0.4, -0.2) is 28.8 Å². The summed E-state index contributed by atoms with van der Waals surface area (Å²) in [5, 5.41) is 16.0. The number of hydrogen-bond acceptors (Lipinski definition) is 4. The predicted octanol–water partition coefficient (Wildman–Crippen LogP) is 4.15. The van der Waals surface area contributed by atoms with Crippen molar-refractivity contribution in [2.75, 3.05) is 0 Å². The third-order valence-electron chi connectivity index (χ3n) is 4.99. The van der Waals surface area contributed by atoms with Crippen molar-refractivity contribution in [3.05, 3.63) is 57.8 Å². The molecule has 1 aromatic heterocycles. The van der Waals surface area contributed by atoms with E-state index < -0.39 is 35.7 Å². The van der Waals surface area contributed by atoms with E-state index >= 15 is 0 Å². The smallest absolute Gasteiger partial charge is 0.363 e. The minimum atomic E-state index is -5.26. The molecule has 3 atom stereocenters. The Kier molecular flexibility index (Phi) is 5.25. The quantitative estimate of drug-likeness (QED) is 0.646. The van der Waals surface area contributed by atoms with Gasteiger partial charge in [-0.05, 0) is 28.0 Å². The first-order valence-corrected chi connectivity index (χ1v) is 9.78. The lowest BCUT2D eigenvalue weighted by Crippen LogP contribution is -2.72. The molecule has 1 saturated heterocycles. The molecule has 9 heteroatoms. The van der Waals surface area contributed by atoms with Gasteiger partial charge in [0.05, 0.1) is 10.9 Å². The molecule has 0 bridgehead atoms. The summed E-state index contributed by atoms with van der Waals surface area (Å²) in [6.45, 7) is 5.96. The molecule has 1 aliphatic rings. The number of hydrogen-bond donors (Lipinski definition) is 3. The highest BCUT2D eigenvalue weighted by Crippen LogP contribution is 2.44. The van der Waals surface area contributed by atoms with Crippen molar-refractivity contribution in [1.29, 1.82) is 0 Å². The van der Waals surface area contributed by atoms with E-state index in [1.165, 1.54) is 17.4 Å². The van der Waals surface area contributed by atoms with Gasteiger partial charge < -0.3 is 15.7 Å². The zero-order valence-corrected chi connectivity index (χ0v) is 16.8. The first-order valence-electron chi connectivity index (χ1n) is 8.90. The van der Waals surface area contributed by atoms with E-state index in [1.807, 2.05) is 20.8 Å². The van der Waals surface area contributed by atoms with Crippen molar-refractivity contribution in [2.24, 2.45) is 5.92 Å². The van der Waals surface area contributed by atoms with Crippen molar-refractivity contribution in [2.45, 2.75) is 44.1 Å². The summed E-state index contributed by atoms with van der Waals surface area (Å²) in [6.07, 6.45) is -5.26. The fraction of sp³-hybridized carbons (Fsp3) is 0.400. The van der Waals surface area contributed by atoms with Gasteiger partial charge in [-0.2, -0.15) is 13.2 Å². The molecule has 3 rings (SSSR count). The molecule has 2 amide bonds. The zero-order valence-electron chi connectivity index (χ0n) is 16.0. The lowest BCUT2D eigenvalue weighted by Gasteiger charge is -2.45. The SMILES string of the molecule is CC(C)(C)c1ccc([C@H]2NC(=O)N[C@](O)(C(F)(F)F)[C@H]2C(=O)c2cccs2)cc1. The Hall–Kier alpha value is -2.39. The van der Waals surface area contributed by atoms with E-state index in [9.17, 15) is 27.9 Å². The second kappa shape index (κ2) is 7.14. The standard InChI is InChI=1S/C20H21F3N2O3S/c1-18(2,3)12-8-6-11(7-9-12)15-14(16(26)13-5-4-10-29-13)19(28,20(21,22)23)25-17(27)24-15/h4-10,14-15,28H,1-3H3,(H2,24,25,27)/t14-,15-,19-/m1/s1. The molecule has 0 unspecified atom stereocenters. The van der Waals surface area contributed by atoms with Gasteiger partial charge in [-0.25, -0.2) is 4.79 Å². The number of thiophene rings is 1. The number of rotatable bonds is 3. The van der Waals surface area contributed by atoms with Gasteiger partial charge in [-0.3, -0.25) is 4.79 Å². The molecule has 0 aliphatic carbocycles. The molecule has 5 nitrogen and oxygen atoms in total. The summed E-state index contributed by atoms with van der Waals surface area (Å²) in [6, 6.07) is 6.98. The van der Waals surface area contributed by atoms with Crippen molar-refractivity contribution >= 4 is 23.2 Å². The van der Waals surface area contributed by atoms with Crippen molar-refractivity contribution < 1.29 is 27.9 Å². The lowest BCUT2D eigenvalue weighted by atomic mass is 9.78. The van der Waals surface area contributed by atoms with Gasteiger partial charge in [0.25, 0.3) is 0 Å². The fourth-order valence-corrected chi connectivity index (χ4v) is 4.08. The molecule has 29 heavy (non-hydrogen) atoms. The number of urea groups is 1. The average Bonchev–Trinajstić information content (AvgIpc) is 3.13. The van der Waals surface area contributed by atoms with Gasteiger partial charge in [0.15, 0.2) is 5.78 Å². The van der Waals surface area contributed by atoms with E-state index in [-0.39, 0.29) is 10.3 Å². The second-order valence-electron chi connectivity index (χ2n) is 8.03. The number of carbonyl (C=O) groups excluding carboxylic acids is 2. The molecule has 3 N–H and O–H groups in total. The largest absolute Gasteiger partial charge is 0.437 e. The molecular weight excluding hydrogens is 405 g/mol. The highest BCUT2D eigenvalue weighted by Gasteiger charge is 2.66. The number of carbonyl (C=O) groups is 2. The molecule has 0 saturated carbocycles. The highest BCUT2D eigenvalue weighted by atomic mass is 32.1. The second-order valence-corrected chi connectivity index (χ2v) is 8.98. The van der Waals surface area contributed by atoms with Gasteiger partial charge >= 0.3 is 12.2 Å². The maximum absolute atomic E-state index is 13.8. The Morgan fingerprint density at radius 3 is 2.24 bits per heavy atom. The van der Waals surface area contributed by atoms with Gasteiger partial charge in [0, 0.05) is 0 Å². The van der Waals surface area contributed by atoms with Crippen molar-refractivity contribution in [1.82, 2.24) is 10.6 Å². The van der Waals surface area contributed by atoms with Crippen LogP contribution in [0.4, 0.5) is 18.0 Å². The number of ketones is 1. The Morgan fingerprint density at radius 2 is 1.76 bits per heavy atom. The number of amides is 2. The highest BCUT2D eigenvalue weighted by molar-refractivity contribution is 7.12. The lowest BCUT2D eigenvalue weighted by molar-refractivity contribution is -0.287. The minimum Gasteiger partial charge on any atom is -0.363 e. The molecular formula is C20H21F3N2O3S. The zero-order chi connectivity index (χ0) is 21.6. The Labute approximate surface area is 169 Å².